The summed E-state index contributed by atoms with van der Waals surface area (Å²) >= 11 is 6.23. The minimum Gasteiger partial charge on any atom is -0.465 e. The van der Waals surface area contributed by atoms with E-state index in [9.17, 15) is 14.4 Å². The van der Waals surface area contributed by atoms with Crippen molar-refractivity contribution in [3.63, 3.8) is 0 Å². The highest BCUT2D eigenvalue weighted by atomic mass is 35.5. The van der Waals surface area contributed by atoms with Crippen LogP contribution in [0.1, 0.15) is 57.0 Å². The van der Waals surface area contributed by atoms with E-state index in [1.807, 2.05) is 13.8 Å². The summed E-state index contributed by atoms with van der Waals surface area (Å²) in [6, 6.07) is 9.37. The maximum absolute atomic E-state index is 13.4. The highest BCUT2D eigenvalue weighted by Crippen LogP contribution is 2.38. The Morgan fingerprint density at radius 1 is 1.20 bits per heavy atom. The number of carbonyl (C=O) groups excluding carboxylic acids is 2. The Hall–Kier alpha value is -3.12. The molecule has 0 fully saturated rings. The largest absolute Gasteiger partial charge is 0.465 e. The molecule has 154 valence electrons. The fourth-order valence-corrected chi connectivity index (χ4v) is 4.04. The third kappa shape index (κ3) is 3.08. The van der Waals surface area contributed by atoms with Crippen molar-refractivity contribution in [1.82, 2.24) is 4.90 Å². The number of rotatable bonds is 4. The molecule has 1 amide bonds. The Morgan fingerprint density at radius 3 is 2.53 bits per heavy atom. The Bertz CT molecular complexity index is 1230. The molecule has 0 aliphatic carbocycles. The summed E-state index contributed by atoms with van der Waals surface area (Å²) in [4.78, 5) is 39.9. The molecule has 1 unspecified atom stereocenters. The summed E-state index contributed by atoms with van der Waals surface area (Å²) in [5.74, 6) is -0.712. The summed E-state index contributed by atoms with van der Waals surface area (Å²) < 4.78 is 10.7. The molecule has 4 rings (SSSR count). The molecule has 0 bridgehead atoms. The molecule has 0 N–H and O–H groups in total. The molecule has 0 radical (unpaired) electrons. The van der Waals surface area contributed by atoms with Crippen molar-refractivity contribution in [3.05, 3.63) is 79.7 Å². The molecule has 2 aromatic carbocycles. The number of ether oxygens (including phenoxy) is 1. The molecular weight excluding hydrogens is 406 g/mol. The van der Waals surface area contributed by atoms with E-state index in [2.05, 4.69) is 0 Å². The minimum atomic E-state index is -0.597. The Morgan fingerprint density at radius 2 is 1.90 bits per heavy atom. The number of fused-ring (bicyclic) bond motifs is 2. The number of nitrogens with zero attached hydrogens (tertiary/aromatic N) is 1. The van der Waals surface area contributed by atoms with Crippen LogP contribution in [0, 0.1) is 6.92 Å². The van der Waals surface area contributed by atoms with Crippen LogP contribution in [0.15, 0.2) is 45.6 Å². The van der Waals surface area contributed by atoms with Gasteiger partial charge < -0.3 is 14.1 Å². The monoisotopic (exact) mass is 425 g/mol. The maximum atomic E-state index is 13.4. The van der Waals surface area contributed by atoms with Gasteiger partial charge in [0.25, 0.3) is 5.91 Å². The average Bonchev–Trinajstić information content (AvgIpc) is 3.02. The van der Waals surface area contributed by atoms with E-state index in [0.29, 0.717) is 39.2 Å². The van der Waals surface area contributed by atoms with Gasteiger partial charge in [-0.2, -0.15) is 0 Å². The van der Waals surface area contributed by atoms with Gasteiger partial charge in [-0.3, -0.25) is 9.59 Å². The first-order valence-electron chi connectivity index (χ1n) is 9.63. The van der Waals surface area contributed by atoms with E-state index in [1.54, 1.807) is 41.3 Å². The fourth-order valence-electron chi connectivity index (χ4n) is 3.88. The van der Waals surface area contributed by atoms with Gasteiger partial charge in [0.1, 0.15) is 5.58 Å². The highest BCUT2D eigenvalue weighted by molar-refractivity contribution is 6.32. The second-order valence-electron chi connectivity index (χ2n) is 7.29. The molecule has 1 aliphatic rings. The lowest BCUT2D eigenvalue weighted by molar-refractivity contribution is 0.0600. The number of carbonyl (C=O) groups is 2. The van der Waals surface area contributed by atoms with E-state index in [4.69, 9.17) is 20.8 Å². The van der Waals surface area contributed by atoms with E-state index in [-0.39, 0.29) is 17.1 Å². The van der Waals surface area contributed by atoms with Gasteiger partial charge in [-0.05, 0) is 48.7 Å². The SMILES string of the molecule is CCCN1C(=O)c2oc3cc(C)c(Cl)cc3c(=O)c2C1c1ccc(C(=O)OC)cc1. The van der Waals surface area contributed by atoms with Crippen LogP contribution in [0.25, 0.3) is 11.0 Å². The number of aryl methyl sites for hydroxylation is 1. The summed E-state index contributed by atoms with van der Waals surface area (Å²) in [7, 11) is 1.31. The molecular formula is C23H20ClNO5. The van der Waals surface area contributed by atoms with Gasteiger partial charge in [-0.1, -0.05) is 30.7 Å². The summed E-state index contributed by atoms with van der Waals surface area (Å²) in [6.45, 7) is 4.23. The van der Waals surface area contributed by atoms with E-state index in [0.717, 1.165) is 12.0 Å². The van der Waals surface area contributed by atoms with Crippen molar-refractivity contribution >= 4 is 34.4 Å². The first-order chi connectivity index (χ1) is 14.4. The molecule has 3 aromatic rings. The Balaban J connectivity index is 1.94. The second-order valence-corrected chi connectivity index (χ2v) is 7.69. The molecule has 0 saturated heterocycles. The molecule has 6 nitrogen and oxygen atoms in total. The normalized spacial score (nSPS) is 15.5. The van der Waals surface area contributed by atoms with Gasteiger partial charge >= 0.3 is 5.97 Å². The minimum absolute atomic E-state index is 0.0599. The van der Waals surface area contributed by atoms with Crippen molar-refractivity contribution in [3.8, 4) is 0 Å². The first kappa shape index (κ1) is 20.2. The zero-order chi connectivity index (χ0) is 21.6. The highest BCUT2D eigenvalue weighted by Gasteiger charge is 2.42. The van der Waals surface area contributed by atoms with Gasteiger partial charge in [0.05, 0.1) is 29.7 Å². The van der Waals surface area contributed by atoms with Crippen molar-refractivity contribution in [1.29, 1.82) is 0 Å². The van der Waals surface area contributed by atoms with Crippen LogP contribution in [0.5, 0.6) is 0 Å². The van der Waals surface area contributed by atoms with Gasteiger partial charge in [0, 0.05) is 11.6 Å². The molecule has 1 atom stereocenters. The number of hydrogen-bond acceptors (Lipinski definition) is 5. The Labute approximate surface area is 178 Å². The second kappa shape index (κ2) is 7.61. The lowest BCUT2D eigenvalue weighted by atomic mass is 9.97. The summed E-state index contributed by atoms with van der Waals surface area (Å²) in [6.07, 6.45) is 0.717. The number of amides is 1. The van der Waals surface area contributed by atoms with Gasteiger partial charge in [-0.25, -0.2) is 4.79 Å². The van der Waals surface area contributed by atoms with E-state index in [1.165, 1.54) is 7.11 Å². The zero-order valence-corrected chi connectivity index (χ0v) is 17.6. The van der Waals surface area contributed by atoms with Crippen molar-refractivity contribution in [2.75, 3.05) is 13.7 Å². The molecule has 1 aliphatic heterocycles. The zero-order valence-electron chi connectivity index (χ0n) is 16.8. The first-order valence-corrected chi connectivity index (χ1v) is 10.0. The molecule has 0 spiro atoms. The van der Waals surface area contributed by atoms with Gasteiger partial charge in [0.15, 0.2) is 5.43 Å². The van der Waals surface area contributed by atoms with Crippen LogP contribution in [-0.4, -0.2) is 30.4 Å². The molecule has 30 heavy (non-hydrogen) atoms. The summed E-state index contributed by atoms with van der Waals surface area (Å²) in [5.41, 5.74) is 2.23. The third-order valence-electron chi connectivity index (χ3n) is 5.36. The third-order valence-corrected chi connectivity index (χ3v) is 5.77. The van der Waals surface area contributed by atoms with Crippen LogP contribution >= 0.6 is 11.6 Å². The van der Waals surface area contributed by atoms with Crippen molar-refractivity contribution in [2.24, 2.45) is 0 Å². The van der Waals surface area contributed by atoms with Crippen LogP contribution in [0.4, 0.5) is 0 Å². The number of methoxy groups -OCH3 is 1. The topological polar surface area (TPSA) is 76.8 Å². The standard InChI is InChI=1S/C23H20ClNO5/c1-4-9-25-19(13-5-7-14(8-6-13)23(28)29-3)18-20(26)15-11-16(24)12(2)10-17(15)30-21(18)22(25)27/h5-8,10-11,19H,4,9H2,1-3H3. The van der Waals surface area contributed by atoms with Crippen molar-refractivity contribution in [2.45, 2.75) is 26.3 Å². The number of hydrogen-bond donors (Lipinski definition) is 0. The van der Waals surface area contributed by atoms with Gasteiger partial charge in [-0.15, -0.1) is 0 Å². The predicted octanol–water partition coefficient (Wildman–Crippen LogP) is 4.50. The molecule has 2 heterocycles. The molecule has 7 heteroatoms. The van der Waals surface area contributed by atoms with Crippen LogP contribution in [0.2, 0.25) is 5.02 Å². The van der Waals surface area contributed by atoms with Crippen LogP contribution < -0.4 is 5.43 Å². The quantitative estimate of drug-likeness (QED) is 0.575. The number of halogens is 1. The smallest absolute Gasteiger partial charge is 0.337 e. The van der Waals surface area contributed by atoms with Crippen LogP contribution in [0.3, 0.4) is 0 Å². The lowest BCUT2D eigenvalue weighted by Gasteiger charge is -2.24. The molecule has 1 aromatic heterocycles. The number of benzene rings is 2. The van der Waals surface area contributed by atoms with Crippen LogP contribution in [-0.2, 0) is 4.74 Å². The van der Waals surface area contributed by atoms with Crippen molar-refractivity contribution < 1.29 is 18.7 Å². The lowest BCUT2D eigenvalue weighted by Crippen LogP contribution is -2.30. The molecule has 0 saturated carbocycles. The number of esters is 1. The van der Waals surface area contributed by atoms with E-state index < -0.39 is 12.0 Å². The Kier molecular flexibility index (Phi) is 5.12. The average molecular weight is 426 g/mol. The maximum Gasteiger partial charge on any atom is 0.337 e. The predicted molar refractivity (Wildman–Crippen MR) is 113 cm³/mol. The fraction of sp³-hybridized carbons (Fsp3) is 0.261. The van der Waals surface area contributed by atoms with Gasteiger partial charge in [0.2, 0.25) is 5.76 Å². The summed E-state index contributed by atoms with van der Waals surface area (Å²) in [5, 5.41) is 0.801. The van der Waals surface area contributed by atoms with E-state index >= 15 is 0 Å².